The Hall–Kier alpha value is -3.35. The van der Waals surface area contributed by atoms with Crippen LogP contribution in [-0.2, 0) is 24.8 Å². The Kier molecular flexibility index (Phi) is 7.18. The summed E-state index contributed by atoms with van der Waals surface area (Å²) < 4.78 is 66.5. The third-order valence-electron chi connectivity index (χ3n) is 4.13. The van der Waals surface area contributed by atoms with Crippen molar-refractivity contribution in [2.75, 3.05) is 16.6 Å². The topological polar surface area (TPSA) is 134 Å². The molecule has 168 valence electrons. The van der Waals surface area contributed by atoms with Crippen molar-refractivity contribution in [1.82, 2.24) is 9.71 Å². The summed E-state index contributed by atoms with van der Waals surface area (Å²) in [7, 11) is -7.64. The summed E-state index contributed by atoms with van der Waals surface area (Å²) in [6, 6.07) is 13.1. The number of anilines is 2. The predicted octanol–water partition coefficient (Wildman–Crippen LogP) is 2.33. The fourth-order valence-electron chi connectivity index (χ4n) is 2.56. The molecule has 9 nitrogen and oxygen atoms in total. The number of nitrogens with one attached hydrogen (secondary N) is 3. The number of halogens is 1. The normalized spacial score (nSPS) is 11.7. The number of amides is 1. The van der Waals surface area contributed by atoms with Crippen molar-refractivity contribution >= 4 is 37.3 Å². The first-order valence-corrected chi connectivity index (χ1v) is 12.2. The van der Waals surface area contributed by atoms with Crippen LogP contribution in [0.1, 0.15) is 6.42 Å². The zero-order valence-corrected chi connectivity index (χ0v) is 18.2. The Labute approximate surface area is 184 Å². The smallest absolute Gasteiger partial charge is 0.261 e. The number of pyridine rings is 1. The summed E-state index contributed by atoms with van der Waals surface area (Å²) >= 11 is 0. The molecular formula is C20H19FN4O5S2. The molecule has 0 atom stereocenters. The highest BCUT2D eigenvalue weighted by Crippen LogP contribution is 2.19. The van der Waals surface area contributed by atoms with Gasteiger partial charge < -0.3 is 5.32 Å². The highest BCUT2D eigenvalue weighted by molar-refractivity contribution is 7.92. The van der Waals surface area contributed by atoms with Gasteiger partial charge >= 0.3 is 0 Å². The number of nitrogens with zero attached hydrogens (tertiary/aromatic N) is 1. The number of hydrogen-bond acceptors (Lipinski definition) is 6. The average molecular weight is 479 g/mol. The van der Waals surface area contributed by atoms with Gasteiger partial charge in [-0.25, -0.2) is 25.9 Å². The van der Waals surface area contributed by atoms with Crippen LogP contribution in [0.4, 0.5) is 15.8 Å². The molecule has 3 N–H and O–H groups in total. The standard InChI is InChI=1S/C20H19FN4O5S2/c21-15-3-9-18(10-4-15)32(29,30)25-17-7-5-16(6-8-17)24-20(26)11-13-23-31(27,28)19-2-1-12-22-14-19/h1-10,12,14,23,25H,11,13H2,(H,24,26). The molecule has 12 heteroatoms. The van der Waals surface area contributed by atoms with Crippen LogP contribution in [0.2, 0.25) is 0 Å². The molecule has 3 aromatic rings. The van der Waals surface area contributed by atoms with Gasteiger partial charge in [-0.1, -0.05) is 0 Å². The maximum absolute atomic E-state index is 13.0. The number of benzene rings is 2. The number of carbonyl (C=O) groups is 1. The molecule has 2 aromatic carbocycles. The second-order valence-electron chi connectivity index (χ2n) is 6.52. The summed E-state index contributed by atoms with van der Waals surface area (Å²) in [4.78, 5) is 15.7. The van der Waals surface area contributed by atoms with E-state index in [1.54, 1.807) is 0 Å². The van der Waals surface area contributed by atoms with Gasteiger partial charge in [0.1, 0.15) is 10.7 Å². The van der Waals surface area contributed by atoms with E-state index in [-0.39, 0.29) is 28.4 Å². The van der Waals surface area contributed by atoms with Gasteiger partial charge in [-0.3, -0.25) is 14.5 Å². The third kappa shape index (κ3) is 6.33. The molecule has 1 amide bonds. The Morgan fingerprint density at radius 3 is 2.12 bits per heavy atom. The minimum Gasteiger partial charge on any atom is -0.326 e. The highest BCUT2D eigenvalue weighted by Gasteiger charge is 2.15. The molecule has 0 saturated heterocycles. The molecule has 0 saturated carbocycles. The van der Waals surface area contributed by atoms with Crippen LogP contribution in [0.25, 0.3) is 0 Å². The SMILES string of the molecule is O=C(CCNS(=O)(=O)c1cccnc1)Nc1ccc(NS(=O)(=O)c2ccc(F)cc2)cc1. The Morgan fingerprint density at radius 1 is 0.844 bits per heavy atom. The molecule has 0 bridgehead atoms. The largest absolute Gasteiger partial charge is 0.326 e. The van der Waals surface area contributed by atoms with Gasteiger partial charge in [0.2, 0.25) is 15.9 Å². The van der Waals surface area contributed by atoms with Crippen molar-refractivity contribution in [3.63, 3.8) is 0 Å². The second-order valence-corrected chi connectivity index (χ2v) is 9.97. The molecule has 0 unspecified atom stereocenters. The average Bonchev–Trinajstić information content (AvgIpc) is 2.76. The van der Waals surface area contributed by atoms with E-state index in [2.05, 4.69) is 19.7 Å². The molecule has 0 radical (unpaired) electrons. The fraction of sp³-hybridized carbons (Fsp3) is 0.100. The van der Waals surface area contributed by atoms with Crippen LogP contribution in [0.5, 0.6) is 0 Å². The summed E-state index contributed by atoms with van der Waals surface area (Å²) in [5.41, 5.74) is 0.645. The van der Waals surface area contributed by atoms with Gasteiger partial charge in [-0.15, -0.1) is 0 Å². The van der Waals surface area contributed by atoms with E-state index in [1.165, 1.54) is 48.8 Å². The number of sulfonamides is 2. The Bertz CT molecular complexity index is 1280. The van der Waals surface area contributed by atoms with Crippen LogP contribution >= 0.6 is 0 Å². The minimum absolute atomic E-state index is 0.000846. The van der Waals surface area contributed by atoms with Crippen molar-refractivity contribution in [1.29, 1.82) is 0 Å². The van der Waals surface area contributed by atoms with Crippen molar-refractivity contribution in [3.05, 3.63) is 78.9 Å². The van der Waals surface area contributed by atoms with Crippen molar-refractivity contribution < 1.29 is 26.0 Å². The number of rotatable bonds is 9. The van der Waals surface area contributed by atoms with Gasteiger partial charge in [0.15, 0.2) is 0 Å². The molecular weight excluding hydrogens is 459 g/mol. The van der Waals surface area contributed by atoms with Gasteiger partial charge in [0, 0.05) is 36.7 Å². The van der Waals surface area contributed by atoms with Gasteiger partial charge in [0.05, 0.1) is 4.90 Å². The lowest BCUT2D eigenvalue weighted by atomic mass is 10.3. The molecule has 32 heavy (non-hydrogen) atoms. The summed E-state index contributed by atoms with van der Waals surface area (Å²) in [5, 5.41) is 2.59. The molecule has 1 heterocycles. The van der Waals surface area contributed by atoms with Crippen LogP contribution in [0, 0.1) is 5.82 Å². The first kappa shape index (κ1) is 23.3. The Balaban J connectivity index is 1.52. The highest BCUT2D eigenvalue weighted by atomic mass is 32.2. The third-order valence-corrected chi connectivity index (χ3v) is 6.98. The zero-order chi connectivity index (χ0) is 23.2. The van der Waals surface area contributed by atoms with Crippen molar-refractivity contribution in [2.24, 2.45) is 0 Å². The van der Waals surface area contributed by atoms with E-state index >= 15 is 0 Å². The van der Waals surface area contributed by atoms with E-state index in [0.717, 1.165) is 24.3 Å². The lowest BCUT2D eigenvalue weighted by Gasteiger charge is -2.10. The van der Waals surface area contributed by atoms with Gasteiger partial charge in [0.25, 0.3) is 10.0 Å². The summed E-state index contributed by atoms with van der Waals surface area (Å²) in [6.45, 7) is -0.112. The summed E-state index contributed by atoms with van der Waals surface area (Å²) in [6.07, 6.45) is 2.54. The quantitative estimate of drug-likeness (QED) is 0.432. The molecule has 0 aliphatic carbocycles. The number of aromatic nitrogens is 1. The van der Waals surface area contributed by atoms with Crippen LogP contribution in [0.15, 0.2) is 82.8 Å². The van der Waals surface area contributed by atoms with Crippen molar-refractivity contribution in [3.8, 4) is 0 Å². The lowest BCUT2D eigenvalue weighted by molar-refractivity contribution is -0.116. The monoisotopic (exact) mass is 478 g/mol. The zero-order valence-electron chi connectivity index (χ0n) is 16.5. The first-order chi connectivity index (χ1) is 15.2. The van der Waals surface area contributed by atoms with Crippen LogP contribution in [-0.4, -0.2) is 34.3 Å². The fourth-order valence-corrected chi connectivity index (χ4v) is 4.61. The maximum atomic E-state index is 13.0. The van der Waals surface area contributed by atoms with Crippen molar-refractivity contribution in [2.45, 2.75) is 16.2 Å². The van der Waals surface area contributed by atoms with Gasteiger partial charge in [-0.2, -0.15) is 0 Å². The number of carbonyl (C=O) groups excluding carboxylic acids is 1. The van der Waals surface area contributed by atoms with E-state index in [0.29, 0.717) is 5.69 Å². The molecule has 0 spiro atoms. The van der Waals surface area contributed by atoms with Gasteiger partial charge in [-0.05, 0) is 60.7 Å². The molecule has 3 rings (SSSR count). The van der Waals surface area contributed by atoms with E-state index in [9.17, 15) is 26.0 Å². The predicted molar refractivity (Wildman–Crippen MR) is 116 cm³/mol. The molecule has 1 aromatic heterocycles. The molecule has 0 aliphatic rings. The van der Waals surface area contributed by atoms with Crippen LogP contribution < -0.4 is 14.8 Å². The number of hydrogen-bond donors (Lipinski definition) is 3. The molecule has 0 fully saturated rings. The Morgan fingerprint density at radius 2 is 1.50 bits per heavy atom. The molecule has 0 aliphatic heterocycles. The van der Waals surface area contributed by atoms with E-state index in [4.69, 9.17) is 0 Å². The van der Waals surface area contributed by atoms with E-state index in [1.807, 2.05) is 0 Å². The van der Waals surface area contributed by atoms with E-state index < -0.39 is 31.8 Å². The second kappa shape index (κ2) is 9.85. The maximum Gasteiger partial charge on any atom is 0.261 e. The lowest BCUT2D eigenvalue weighted by Crippen LogP contribution is -2.27. The minimum atomic E-state index is -3.89. The summed E-state index contributed by atoms with van der Waals surface area (Å²) in [5.74, 6) is -0.979. The van der Waals surface area contributed by atoms with Crippen LogP contribution in [0.3, 0.4) is 0 Å². The first-order valence-electron chi connectivity index (χ1n) is 9.24.